The summed E-state index contributed by atoms with van der Waals surface area (Å²) in [5.74, 6) is -0.139. The predicted molar refractivity (Wildman–Crippen MR) is 278 cm³/mol. The van der Waals surface area contributed by atoms with Crippen LogP contribution >= 0.6 is 0 Å². The Kier molecular flexibility index (Phi) is 52.9. The number of nitrogens with one attached hydrogen (secondary N) is 1. The third kappa shape index (κ3) is 48.8. The molecule has 0 bridgehead atoms. The molecule has 0 aromatic heterocycles. The molecule has 0 saturated heterocycles. The minimum absolute atomic E-state index is 0.139. The minimum Gasteiger partial charge on any atom is -0.394 e. The number of aliphatic hydroxyl groups excluding tert-OH is 3. The van der Waals surface area contributed by atoms with Gasteiger partial charge in [0.05, 0.1) is 18.8 Å². The quantitative estimate of drug-likeness (QED) is 0.0362. The number of hydrogen-bond acceptors (Lipinski definition) is 4. The summed E-state index contributed by atoms with van der Waals surface area (Å²) in [5.41, 5.74) is 0. The van der Waals surface area contributed by atoms with Crippen molar-refractivity contribution in [1.82, 2.24) is 5.32 Å². The van der Waals surface area contributed by atoms with Crippen LogP contribution in [0.2, 0.25) is 0 Å². The van der Waals surface area contributed by atoms with Gasteiger partial charge in [-0.05, 0) is 38.5 Å². The highest BCUT2D eigenvalue weighted by atomic mass is 16.3. The lowest BCUT2D eigenvalue weighted by Gasteiger charge is -2.26. The van der Waals surface area contributed by atoms with Crippen LogP contribution in [0.25, 0.3) is 0 Å². The molecule has 0 aromatic rings. The summed E-state index contributed by atoms with van der Waals surface area (Å²) in [5, 5.41) is 33.6. The second kappa shape index (κ2) is 53.7. The van der Waals surface area contributed by atoms with Crippen LogP contribution in [0.15, 0.2) is 12.2 Å². The van der Waals surface area contributed by atoms with Gasteiger partial charge in [-0.15, -0.1) is 0 Å². The summed E-state index contributed by atoms with van der Waals surface area (Å²) >= 11 is 0. The molecule has 0 aliphatic rings. The summed E-state index contributed by atoms with van der Waals surface area (Å²) in [4.78, 5) is 12.5. The summed E-state index contributed by atoms with van der Waals surface area (Å²) in [6.45, 7) is 4.20. The molecule has 0 spiro atoms. The third-order valence-corrected chi connectivity index (χ3v) is 13.9. The zero-order chi connectivity index (χ0) is 45.8. The van der Waals surface area contributed by atoms with E-state index in [0.717, 1.165) is 38.5 Å². The maximum atomic E-state index is 12.5. The molecule has 0 heterocycles. The number of hydrogen-bond donors (Lipinski definition) is 4. The van der Waals surface area contributed by atoms with Crippen LogP contribution in [-0.4, -0.2) is 46.1 Å². The SMILES string of the molecule is CCCCCCCCCCCCCCCCCC/C=C\CCCCCCCCCCCCCCCCCCCC(=O)NC(CO)C(O)C(O)CCCCCCCCCCCCCC. The number of rotatable bonds is 54. The van der Waals surface area contributed by atoms with E-state index in [-0.39, 0.29) is 12.5 Å². The molecule has 5 nitrogen and oxygen atoms in total. The van der Waals surface area contributed by atoms with E-state index in [0.29, 0.717) is 12.8 Å². The van der Waals surface area contributed by atoms with Crippen LogP contribution in [-0.2, 0) is 4.79 Å². The lowest BCUT2D eigenvalue weighted by Crippen LogP contribution is -2.50. The maximum Gasteiger partial charge on any atom is 0.220 e. The predicted octanol–water partition coefficient (Wildman–Crippen LogP) is 17.9. The number of carbonyl (C=O) groups excluding carboxylic acids is 1. The molecule has 0 aliphatic carbocycles. The number of allylic oxidation sites excluding steroid dienone is 2. The number of amides is 1. The smallest absolute Gasteiger partial charge is 0.220 e. The van der Waals surface area contributed by atoms with Gasteiger partial charge in [0.1, 0.15) is 6.10 Å². The lowest BCUT2D eigenvalue weighted by molar-refractivity contribution is -0.124. The van der Waals surface area contributed by atoms with Crippen molar-refractivity contribution in [2.24, 2.45) is 0 Å². The molecule has 376 valence electrons. The van der Waals surface area contributed by atoms with Crippen LogP contribution in [0.5, 0.6) is 0 Å². The molecule has 0 aliphatic heterocycles. The largest absolute Gasteiger partial charge is 0.394 e. The molecule has 0 rings (SSSR count). The van der Waals surface area contributed by atoms with Gasteiger partial charge in [0.25, 0.3) is 0 Å². The Morgan fingerprint density at radius 3 is 0.921 bits per heavy atom. The second-order valence-corrected chi connectivity index (χ2v) is 20.2. The van der Waals surface area contributed by atoms with Crippen LogP contribution in [0.4, 0.5) is 0 Å². The fraction of sp³-hybridized carbons (Fsp3) is 0.948. The van der Waals surface area contributed by atoms with E-state index in [4.69, 9.17) is 0 Å². The van der Waals surface area contributed by atoms with Crippen LogP contribution in [0, 0.1) is 0 Å². The van der Waals surface area contributed by atoms with E-state index in [1.807, 2.05) is 0 Å². The first kappa shape index (κ1) is 62.1. The Balaban J connectivity index is 3.41. The lowest BCUT2D eigenvalue weighted by atomic mass is 9.99. The second-order valence-electron chi connectivity index (χ2n) is 20.2. The van der Waals surface area contributed by atoms with Crippen molar-refractivity contribution in [3.63, 3.8) is 0 Å². The van der Waals surface area contributed by atoms with E-state index in [2.05, 4.69) is 31.3 Å². The summed E-state index contributed by atoms with van der Waals surface area (Å²) < 4.78 is 0. The summed E-state index contributed by atoms with van der Waals surface area (Å²) in [7, 11) is 0. The number of carbonyl (C=O) groups is 1. The van der Waals surface area contributed by atoms with Crippen molar-refractivity contribution < 1.29 is 20.1 Å². The zero-order valence-corrected chi connectivity index (χ0v) is 43.0. The van der Waals surface area contributed by atoms with Gasteiger partial charge in [0.2, 0.25) is 5.91 Å². The van der Waals surface area contributed by atoms with Gasteiger partial charge < -0.3 is 20.6 Å². The van der Waals surface area contributed by atoms with Crippen molar-refractivity contribution in [3.8, 4) is 0 Å². The number of aliphatic hydroxyl groups is 3. The molecule has 3 atom stereocenters. The van der Waals surface area contributed by atoms with E-state index >= 15 is 0 Å². The first-order valence-electron chi connectivity index (χ1n) is 29.0. The fourth-order valence-electron chi connectivity index (χ4n) is 9.40. The molecule has 0 radical (unpaired) electrons. The van der Waals surface area contributed by atoms with Gasteiger partial charge in [0, 0.05) is 6.42 Å². The molecule has 3 unspecified atom stereocenters. The van der Waals surface area contributed by atoms with E-state index in [1.165, 1.54) is 263 Å². The van der Waals surface area contributed by atoms with Gasteiger partial charge in [0.15, 0.2) is 0 Å². The average molecular weight is 891 g/mol. The Morgan fingerprint density at radius 1 is 0.381 bits per heavy atom. The molecular weight excluding hydrogens is 775 g/mol. The van der Waals surface area contributed by atoms with E-state index < -0.39 is 18.2 Å². The molecule has 5 heteroatoms. The van der Waals surface area contributed by atoms with E-state index in [1.54, 1.807) is 0 Å². The summed E-state index contributed by atoms with van der Waals surface area (Å²) in [6, 6.07) is -0.805. The highest BCUT2D eigenvalue weighted by molar-refractivity contribution is 5.76. The van der Waals surface area contributed by atoms with E-state index in [9.17, 15) is 20.1 Å². The van der Waals surface area contributed by atoms with Crippen LogP contribution in [0.1, 0.15) is 328 Å². The number of unbranched alkanes of at least 4 members (excludes halogenated alkanes) is 44. The Bertz CT molecular complexity index is 894. The monoisotopic (exact) mass is 890 g/mol. The van der Waals surface area contributed by atoms with Crippen molar-refractivity contribution >= 4 is 5.91 Å². The highest BCUT2D eigenvalue weighted by Gasteiger charge is 2.26. The average Bonchev–Trinajstić information content (AvgIpc) is 3.29. The molecule has 0 aromatic carbocycles. The van der Waals surface area contributed by atoms with Gasteiger partial charge >= 0.3 is 0 Å². The van der Waals surface area contributed by atoms with Crippen LogP contribution in [0.3, 0.4) is 0 Å². The molecule has 63 heavy (non-hydrogen) atoms. The maximum absolute atomic E-state index is 12.5. The molecular formula is C58H115NO4. The van der Waals surface area contributed by atoms with Crippen molar-refractivity contribution in [3.05, 3.63) is 12.2 Å². The van der Waals surface area contributed by atoms with Crippen molar-refractivity contribution in [2.75, 3.05) is 6.61 Å². The van der Waals surface area contributed by atoms with Gasteiger partial charge in [-0.3, -0.25) is 4.79 Å². The molecule has 1 amide bonds. The van der Waals surface area contributed by atoms with Gasteiger partial charge in [-0.25, -0.2) is 0 Å². The Labute approximate surface area is 395 Å². The topological polar surface area (TPSA) is 89.8 Å². The molecule has 4 N–H and O–H groups in total. The Hall–Kier alpha value is -0.910. The standard InChI is InChI=1S/C58H115NO4/c1-3-5-7-9-11-13-15-17-18-19-20-21-22-23-24-25-26-27-28-29-30-31-32-33-34-35-36-37-38-39-40-41-43-45-47-49-51-53-57(62)59-55(54-60)58(63)56(61)52-50-48-46-44-42-16-14-12-10-8-6-4-2/h27-28,55-56,58,60-61,63H,3-26,29-54H2,1-2H3,(H,59,62)/b28-27-. The molecule has 0 saturated carbocycles. The Morgan fingerprint density at radius 2 is 0.635 bits per heavy atom. The highest BCUT2D eigenvalue weighted by Crippen LogP contribution is 2.18. The first-order valence-corrected chi connectivity index (χ1v) is 29.0. The zero-order valence-electron chi connectivity index (χ0n) is 43.0. The van der Waals surface area contributed by atoms with Crippen molar-refractivity contribution in [1.29, 1.82) is 0 Å². The summed E-state index contributed by atoms with van der Waals surface area (Å²) in [6.07, 6.45) is 66.8. The first-order chi connectivity index (χ1) is 31.1. The molecule has 0 fully saturated rings. The van der Waals surface area contributed by atoms with Gasteiger partial charge in [-0.1, -0.05) is 296 Å². The normalized spacial score (nSPS) is 13.3. The van der Waals surface area contributed by atoms with Gasteiger partial charge in [-0.2, -0.15) is 0 Å². The minimum atomic E-state index is -1.13. The van der Waals surface area contributed by atoms with Crippen LogP contribution < -0.4 is 5.32 Å². The third-order valence-electron chi connectivity index (χ3n) is 13.9. The van der Waals surface area contributed by atoms with Crippen molar-refractivity contribution in [2.45, 2.75) is 347 Å². The fourth-order valence-corrected chi connectivity index (χ4v) is 9.40.